The van der Waals surface area contributed by atoms with Crippen molar-refractivity contribution in [2.45, 2.75) is 19.9 Å². The van der Waals surface area contributed by atoms with Crippen molar-refractivity contribution in [1.82, 2.24) is 19.6 Å². The van der Waals surface area contributed by atoms with Crippen molar-refractivity contribution in [2.24, 2.45) is 0 Å². The third-order valence-electron chi connectivity index (χ3n) is 4.55. The van der Waals surface area contributed by atoms with Gasteiger partial charge in [0.25, 0.3) is 0 Å². The number of aryl methyl sites for hydroxylation is 1. The van der Waals surface area contributed by atoms with Crippen LogP contribution < -0.4 is 14.8 Å². The summed E-state index contributed by atoms with van der Waals surface area (Å²) < 4.78 is 12.9. The summed E-state index contributed by atoms with van der Waals surface area (Å²) in [6, 6.07) is 13.7. The number of nitrogens with one attached hydrogen (secondary N) is 1. The van der Waals surface area contributed by atoms with E-state index in [-0.39, 0.29) is 0 Å². The second kappa shape index (κ2) is 7.11. The van der Waals surface area contributed by atoms with E-state index in [1.54, 1.807) is 14.2 Å². The number of methoxy groups -OCH3 is 2. The molecule has 0 fully saturated rings. The molecule has 0 amide bonds. The topological polar surface area (TPSA) is 73.6 Å². The molecule has 2 heterocycles. The maximum absolute atomic E-state index is 5.46. The third-order valence-corrected chi connectivity index (χ3v) is 4.55. The fraction of sp³-hybridized carbons (Fsp3) is 0.250. The van der Waals surface area contributed by atoms with E-state index in [9.17, 15) is 0 Å². The summed E-state index contributed by atoms with van der Waals surface area (Å²) in [5, 5.41) is 12.1. The zero-order valence-electron chi connectivity index (χ0n) is 15.6. The van der Waals surface area contributed by atoms with Crippen molar-refractivity contribution in [2.75, 3.05) is 19.5 Å². The van der Waals surface area contributed by atoms with Gasteiger partial charge in [0.1, 0.15) is 17.3 Å². The summed E-state index contributed by atoms with van der Waals surface area (Å²) in [4.78, 5) is 4.76. The van der Waals surface area contributed by atoms with Crippen LogP contribution in [0.5, 0.6) is 11.5 Å². The van der Waals surface area contributed by atoms with Crippen LogP contribution in [-0.4, -0.2) is 33.8 Å². The molecule has 138 valence electrons. The van der Waals surface area contributed by atoms with Gasteiger partial charge in [-0.1, -0.05) is 19.1 Å². The van der Waals surface area contributed by atoms with Gasteiger partial charge in [0.15, 0.2) is 5.82 Å². The Morgan fingerprint density at radius 2 is 1.89 bits per heavy atom. The minimum atomic E-state index is 0.524. The molecule has 2 aromatic heterocycles. The van der Waals surface area contributed by atoms with Crippen LogP contribution in [0.15, 0.2) is 42.5 Å². The van der Waals surface area contributed by atoms with Crippen LogP contribution in [0.25, 0.3) is 16.7 Å². The fourth-order valence-electron chi connectivity index (χ4n) is 3.19. The first-order valence-electron chi connectivity index (χ1n) is 8.82. The number of nitrogens with zero attached hydrogens (tertiary/aromatic N) is 4. The fourth-order valence-corrected chi connectivity index (χ4v) is 3.19. The van der Waals surface area contributed by atoms with Crippen molar-refractivity contribution in [1.29, 1.82) is 0 Å². The van der Waals surface area contributed by atoms with Crippen molar-refractivity contribution < 1.29 is 9.47 Å². The zero-order chi connectivity index (χ0) is 18.8. The van der Waals surface area contributed by atoms with Crippen LogP contribution in [0, 0.1) is 0 Å². The molecule has 4 rings (SSSR count). The highest BCUT2D eigenvalue weighted by molar-refractivity contribution is 5.82. The first-order chi connectivity index (χ1) is 13.2. The molecule has 0 saturated carbocycles. The number of rotatable bonds is 6. The normalized spacial score (nSPS) is 11.1. The Hall–Kier alpha value is -3.35. The van der Waals surface area contributed by atoms with Crippen molar-refractivity contribution in [3.8, 4) is 11.5 Å². The number of para-hydroxylation sites is 2. The molecule has 4 aromatic rings. The van der Waals surface area contributed by atoms with Gasteiger partial charge < -0.3 is 14.8 Å². The summed E-state index contributed by atoms with van der Waals surface area (Å²) in [6.07, 6.45) is 0.790. The van der Waals surface area contributed by atoms with Crippen LogP contribution >= 0.6 is 0 Å². The number of benzene rings is 2. The van der Waals surface area contributed by atoms with Crippen molar-refractivity contribution in [3.63, 3.8) is 0 Å². The van der Waals surface area contributed by atoms with Gasteiger partial charge in [0, 0.05) is 18.5 Å². The van der Waals surface area contributed by atoms with Crippen LogP contribution in [0.3, 0.4) is 0 Å². The lowest BCUT2D eigenvalue weighted by molar-refractivity contribution is 0.399. The molecule has 7 nitrogen and oxygen atoms in total. The van der Waals surface area contributed by atoms with Gasteiger partial charge >= 0.3 is 0 Å². The van der Waals surface area contributed by atoms with Gasteiger partial charge in [-0.3, -0.25) is 4.40 Å². The largest absolute Gasteiger partial charge is 0.497 e. The predicted molar refractivity (Wildman–Crippen MR) is 105 cm³/mol. The average Bonchev–Trinajstić information content (AvgIpc) is 3.16. The van der Waals surface area contributed by atoms with Gasteiger partial charge in [-0.15, -0.1) is 10.2 Å². The molecular weight excluding hydrogens is 342 g/mol. The molecule has 1 N–H and O–H groups in total. The molecular formula is C20H21N5O2. The quantitative estimate of drug-likeness (QED) is 0.565. The van der Waals surface area contributed by atoms with E-state index >= 15 is 0 Å². The Bertz CT molecular complexity index is 1110. The molecule has 0 aliphatic rings. The third kappa shape index (κ3) is 3.01. The van der Waals surface area contributed by atoms with Crippen molar-refractivity contribution in [3.05, 3.63) is 53.9 Å². The van der Waals surface area contributed by atoms with Crippen LogP contribution in [0.4, 0.5) is 5.82 Å². The van der Waals surface area contributed by atoms with E-state index in [1.165, 1.54) is 0 Å². The SMILES string of the molecule is CCc1nnc2c(NCc3cc(OC)ccc3OC)nc3ccccc3n12. The summed E-state index contributed by atoms with van der Waals surface area (Å²) in [5.74, 6) is 3.16. The van der Waals surface area contributed by atoms with E-state index < -0.39 is 0 Å². The predicted octanol–water partition coefficient (Wildman–Crippen LogP) is 3.47. The molecule has 0 atom stereocenters. The monoisotopic (exact) mass is 363 g/mol. The second-order valence-electron chi connectivity index (χ2n) is 6.11. The van der Waals surface area contributed by atoms with E-state index in [2.05, 4.69) is 26.8 Å². The van der Waals surface area contributed by atoms with Crippen LogP contribution in [0.2, 0.25) is 0 Å². The molecule has 0 aliphatic carbocycles. The average molecular weight is 363 g/mol. The Morgan fingerprint density at radius 3 is 2.67 bits per heavy atom. The van der Waals surface area contributed by atoms with E-state index in [0.717, 1.165) is 40.3 Å². The first-order valence-corrected chi connectivity index (χ1v) is 8.82. The van der Waals surface area contributed by atoms with Gasteiger partial charge in [-0.05, 0) is 30.3 Å². The number of aromatic nitrogens is 4. The minimum Gasteiger partial charge on any atom is -0.497 e. The lowest BCUT2D eigenvalue weighted by Gasteiger charge is -2.13. The molecule has 2 aromatic carbocycles. The highest BCUT2D eigenvalue weighted by Crippen LogP contribution is 2.26. The first kappa shape index (κ1) is 17.1. The van der Waals surface area contributed by atoms with Gasteiger partial charge in [0.2, 0.25) is 5.65 Å². The number of hydrogen-bond donors (Lipinski definition) is 1. The molecule has 7 heteroatoms. The summed E-state index contributed by atoms with van der Waals surface area (Å²) >= 11 is 0. The number of fused-ring (bicyclic) bond motifs is 3. The highest BCUT2D eigenvalue weighted by Gasteiger charge is 2.14. The Kier molecular flexibility index (Phi) is 4.50. The number of hydrogen-bond acceptors (Lipinski definition) is 6. The molecule has 0 aliphatic heterocycles. The maximum atomic E-state index is 5.46. The molecule has 27 heavy (non-hydrogen) atoms. The Morgan fingerprint density at radius 1 is 1.04 bits per heavy atom. The molecule has 0 spiro atoms. The van der Waals surface area contributed by atoms with Crippen molar-refractivity contribution >= 4 is 22.5 Å². The minimum absolute atomic E-state index is 0.524. The highest BCUT2D eigenvalue weighted by atomic mass is 16.5. The Labute approximate surface area is 157 Å². The maximum Gasteiger partial charge on any atom is 0.204 e. The molecule has 0 radical (unpaired) electrons. The van der Waals surface area contributed by atoms with Gasteiger partial charge in [-0.2, -0.15) is 0 Å². The Balaban J connectivity index is 1.77. The van der Waals surface area contributed by atoms with E-state index in [4.69, 9.17) is 14.5 Å². The number of ether oxygens (including phenoxy) is 2. The van der Waals surface area contributed by atoms with E-state index in [0.29, 0.717) is 18.0 Å². The lowest BCUT2D eigenvalue weighted by Crippen LogP contribution is -2.07. The second-order valence-corrected chi connectivity index (χ2v) is 6.11. The smallest absolute Gasteiger partial charge is 0.204 e. The van der Waals surface area contributed by atoms with E-state index in [1.807, 2.05) is 42.5 Å². The molecule has 0 bridgehead atoms. The lowest BCUT2D eigenvalue weighted by atomic mass is 10.2. The van der Waals surface area contributed by atoms with Crippen LogP contribution in [-0.2, 0) is 13.0 Å². The van der Waals surface area contributed by atoms with Crippen LogP contribution in [0.1, 0.15) is 18.3 Å². The summed E-state index contributed by atoms with van der Waals surface area (Å²) in [5.41, 5.74) is 3.58. The summed E-state index contributed by atoms with van der Waals surface area (Å²) in [6.45, 7) is 2.59. The zero-order valence-corrected chi connectivity index (χ0v) is 15.6. The van der Waals surface area contributed by atoms with Gasteiger partial charge in [-0.25, -0.2) is 4.98 Å². The number of anilines is 1. The molecule has 0 saturated heterocycles. The standard InChI is InChI=1S/C20H21N5O2/c1-4-18-23-24-20-19(22-15-7-5-6-8-16(15)25(18)20)21-12-13-11-14(26-2)9-10-17(13)27-3/h5-11H,4,12H2,1-3H3,(H,21,22). The summed E-state index contributed by atoms with van der Waals surface area (Å²) in [7, 11) is 3.31. The van der Waals surface area contributed by atoms with Gasteiger partial charge in [0.05, 0.1) is 25.3 Å². The molecule has 0 unspecified atom stereocenters.